The van der Waals surface area contributed by atoms with Crippen molar-refractivity contribution in [3.63, 3.8) is 0 Å². The van der Waals surface area contributed by atoms with Crippen molar-refractivity contribution in [1.82, 2.24) is 14.9 Å². The van der Waals surface area contributed by atoms with Gasteiger partial charge in [0.2, 0.25) is 15.9 Å². The number of amides is 1. The normalized spacial score (nSPS) is 15.3. The van der Waals surface area contributed by atoms with Crippen LogP contribution in [0.3, 0.4) is 0 Å². The summed E-state index contributed by atoms with van der Waals surface area (Å²) in [5, 5.41) is 2.89. The van der Waals surface area contributed by atoms with Crippen molar-refractivity contribution in [3.05, 3.63) is 60.1 Å². The number of nitrogens with one attached hydrogen (secondary N) is 2. The SMILES string of the molecule is CN(CCNC(=O)C=Cc1ccc(S(=O)(=O)NCc2ccco2)cc1)C1CCCC1. The van der Waals surface area contributed by atoms with Gasteiger partial charge in [0.05, 0.1) is 17.7 Å². The molecule has 1 aromatic carbocycles. The Labute approximate surface area is 178 Å². The highest BCUT2D eigenvalue weighted by atomic mass is 32.2. The highest BCUT2D eigenvalue weighted by Crippen LogP contribution is 2.21. The first-order chi connectivity index (χ1) is 14.4. The van der Waals surface area contributed by atoms with Crippen LogP contribution in [0, 0.1) is 0 Å². The highest BCUT2D eigenvalue weighted by Gasteiger charge is 2.18. The van der Waals surface area contributed by atoms with Gasteiger partial charge in [0, 0.05) is 25.2 Å². The predicted octanol–water partition coefficient (Wildman–Crippen LogP) is 2.76. The van der Waals surface area contributed by atoms with Gasteiger partial charge in [-0.05, 0) is 55.8 Å². The average Bonchev–Trinajstić information content (AvgIpc) is 3.45. The summed E-state index contributed by atoms with van der Waals surface area (Å²) in [5.41, 5.74) is 0.748. The smallest absolute Gasteiger partial charge is 0.244 e. The second-order valence-electron chi connectivity index (χ2n) is 7.52. The van der Waals surface area contributed by atoms with Crippen molar-refractivity contribution >= 4 is 22.0 Å². The Morgan fingerprint density at radius 1 is 1.20 bits per heavy atom. The molecule has 1 aromatic heterocycles. The number of benzene rings is 1. The van der Waals surface area contributed by atoms with Gasteiger partial charge in [0.15, 0.2) is 0 Å². The Bertz CT molecular complexity index is 931. The standard InChI is InChI=1S/C22H29N3O4S/c1-25(19-5-2-3-6-19)15-14-23-22(26)13-10-18-8-11-21(12-9-18)30(27,28)24-17-20-7-4-16-29-20/h4,7-13,16,19,24H,2-3,5-6,14-15,17H2,1H3,(H,23,26). The summed E-state index contributed by atoms with van der Waals surface area (Å²) in [7, 11) is -1.52. The van der Waals surface area contributed by atoms with E-state index in [0.717, 1.165) is 12.1 Å². The van der Waals surface area contributed by atoms with Crippen LogP contribution in [0.15, 0.2) is 58.1 Å². The Morgan fingerprint density at radius 2 is 1.93 bits per heavy atom. The summed E-state index contributed by atoms with van der Waals surface area (Å²) in [6.07, 6.45) is 9.71. The molecule has 1 saturated carbocycles. The van der Waals surface area contributed by atoms with E-state index in [4.69, 9.17) is 4.42 Å². The summed E-state index contributed by atoms with van der Waals surface area (Å²) in [5.74, 6) is 0.380. The largest absolute Gasteiger partial charge is 0.468 e. The van der Waals surface area contributed by atoms with Crippen LogP contribution in [0.2, 0.25) is 0 Å². The van der Waals surface area contributed by atoms with Crippen LogP contribution in [0.4, 0.5) is 0 Å². The maximum absolute atomic E-state index is 12.3. The van der Waals surface area contributed by atoms with Crippen molar-refractivity contribution in [3.8, 4) is 0 Å². The minimum atomic E-state index is -3.63. The average molecular weight is 432 g/mol. The zero-order valence-corrected chi connectivity index (χ0v) is 18.0. The summed E-state index contributed by atoms with van der Waals surface area (Å²) in [4.78, 5) is 14.5. The van der Waals surface area contributed by atoms with Crippen molar-refractivity contribution in [1.29, 1.82) is 0 Å². The molecule has 1 amide bonds. The van der Waals surface area contributed by atoms with Gasteiger partial charge >= 0.3 is 0 Å². The number of furan rings is 1. The maximum Gasteiger partial charge on any atom is 0.244 e. The van der Waals surface area contributed by atoms with Crippen molar-refractivity contribution in [2.45, 2.75) is 43.2 Å². The number of hydrogen-bond acceptors (Lipinski definition) is 5. The van der Waals surface area contributed by atoms with Crippen LogP contribution in [0.5, 0.6) is 0 Å². The fourth-order valence-corrected chi connectivity index (χ4v) is 4.53. The van der Waals surface area contributed by atoms with Crippen LogP contribution in [-0.2, 0) is 21.4 Å². The number of nitrogens with zero attached hydrogens (tertiary/aromatic N) is 1. The number of rotatable bonds is 10. The molecule has 0 aliphatic heterocycles. The molecule has 0 saturated heterocycles. The zero-order valence-electron chi connectivity index (χ0n) is 17.2. The molecule has 0 unspecified atom stereocenters. The molecule has 0 atom stereocenters. The predicted molar refractivity (Wildman–Crippen MR) is 116 cm³/mol. The minimum Gasteiger partial charge on any atom is -0.468 e. The second kappa shape index (κ2) is 10.6. The number of carbonyl (C=O) groups is 1. The molecule has 7 nitrogen and oxygen atoms in total. The number of likely N-dealkylation sites (N-methyl/N-ethyl adjacent to an activating group) is 1. The van der Waals surface area contributed by atoms with Crippen LogP contribution in [0.25, 0.3) is 6.08 Å². The number of sulfonamides is 1. The summed E-state index contributed by atoms with van der Waals surface area (Å²) < 4.78 is 32.3. The van der Waals surface area contributed by atoms with Gasteiger partial charge in [-0.3, -0.25) is 4.79 Å². The first-order valence-electron chi connectivity index (χ1n) is 10.2. The zero-order chi connectivity index (χ0) is 21.4. The van der Waals surface area contributed by atoms with Gasteiger partial charge in [-0.1, -0.05) is 25.0 Å². The highest BCUT2D eigenvalue weighted by molar-refractivity contribution is 7.89. The Kier molecular flexibility index (Phi) is 7.84. The molecule has 2 N–H and O–H groups in total. The van der Waals surface area contributed by atoms with E-state index in [-0.39, 0.29) is 17.3 Å². The third kappa shape index (κ3) is 6.55. The van der Waals surface area contributed by atoms with Crippen LogP contribution in [-0.4, -0.2) is 45.4 Å². The van der Waals surface area contributed by atoms with Crippen molar-refractivity contribution in [2.24, 2.45) is 0 Å². The lowest BCUT2D eigenvalue weighted by Gasteiger charge is -2.23. The van der Waals surface area contributed by atoms with Gasteiger partial charge in [0.25, 0.3) is 0 Å². The van der Waals surface area contributed by atoms with E-state index in [1.165, 1.54) is 50.2 Å². The number of hydrogen-bond donors (Lipinski definition) is 2. The van der Waals surface area contributed by atoms with E-state index in [9.17, 15) is 13.2 Å². The van der Waals surface area contributed by atoms with E-state index in [1.807, 2.05) is 0 Å². The summed E-state index contributed by atoms with van der Waals surface area (Å²) in [6.45, 7) is 1.53. The fourth-order valence-electron chi connectivity index (χ4n) is 3.53. The van der Waals surface area contributed by atoms with Crippen molar-refractivity contribution < 1.29 is 17.6 Å². The van der Waals surface area contributed by atoms with Gasteiger partial charge < -0.3 is 14.6 Å². The van der Waals surface area contributed by atoms with Gasteiger partial charge in [-0.15, -0.1) is 0 Å². The van der Waals surface area contributed by atoms with E-state index >= 15 is 0 Å². The van der Waals surface area contributed by atoms with Crippen molar-refractivity contribution in [2.75, 3.05) is 20.1 Å². The second-order valence-corrected chi connectivity index (χ2v) is 9.28. The van der Waals surface area contributed by atoms with Gasteiger partial charge in [-0.25, -0.2) is 13.1 Å². The monoisotopic (exact) mass is 431 g/mol. The van der Waals surface area contributed by atoms with Crippen LogP contribution in [0.1, 0.15) is 37.0 Å². The summed E-state index contributed by atoms with van der Waals surface area (Å²) >= 11 is 0. The van der Waals surface area contributed by atoms with E-state index in [1.54, 1.807) is 30.3 Å². The van der Waals surface area contributed by atoms with E-state index in [0.29, 0.717) is 18.3 Å². The Hall–Kier alpha value is -2.42. The quantitative estimate of drug-likeness (QED) is 0.565. The maximum atomic E-state index is 12.3. The molecule has 30 heavy (non-hydrogen) atoms. The molecule has 8 heteroatoms. The molecule has 0 radical (unpaired) electrons. The first kappa shape index (κ1) is 22.3. The molecular weight excluding hydrogens is 402 g/mol. The molecule has 1 aliphatic rings. The Morgan fingerprint density at radius 3 is 2.60 bits per heavy atom. The molecule has 2 aromatic rings. The molecular formula is C22H29N3O4S. The molecule has 1 fully saturated rings. The van der Waals surface area contributed by atoms with Gasteiger partial charge in [-0.2, -0.15) is 0 Å². The molecule has 0 bridgehead atoms. The third-order valence-electron chi connectivity index (χ3n) is 5.35. The minimum absolute atomic E-state index is 0.0904. The van der Waals surface area contributed by atoms with Gasteiger partial charge in [0.1, 0.15) is 5.76 Å². The Balaban J connectivity index is 1.44. The molecule has 162 valence electrons. The topological polar surface area (TPSA) is 91.7 Å². The lowest BCUT2D eigenvalue weighted by atomic mass is 10.2. The van der Waals surface area contributed by atoms with E-state index in [2.05, 4.69) is 22.0 Å². The molecule has 1 heterocycles. The lowest BCUT2D eigenvalue weighted by molar-refractivity contribution is -0.116. The molecule has 0 spiro atoms. The van der Waals surface area contributed by atoms with Crippen LogP contribution >= 0.6 is 0 Å². The molecule has 3 rings (SSSR count). The lowest BCUT2D eigenvalue weighted by Crippen LogP contribution is -2.36. The third-order valence-corrected chi connectivity index (χ3v) is 6.76. The first-order valence-corrected chi connectivity index (χ1v) is 11.7. The van der Waals surface area contributed by atoms with Crippen LogP contribution < -0.4 is 10.0 Å². The summed E-state index contributed by atoms with van der Waals surface area (Å²) in [6, 6.07) is 10.4. The molecule has 1 aliphatic carbocycles. The fraction of sp³-hybridized carbons (Fsp3) is 0.409. The van der Waals surface area contributed by atoms with E-state index < -0.39 is 10.0 Å². The number of carbonyl (C=O) groups excluding carboxylic acids is 1.